The lowest BCUT2D eigenvalue weighted by molar-refractivity contribution is -0.134. The molecule has 1 atom stereocenters. The zero-order valence-electron chi connectivity index (χ0n) is 13.7. The summed E-state index contributed by atoms with van der Waals surface area (Å²) in [5.41, 5.74) is -0.0799. The van der Waals surface area contributed by atoms with Crippen molar-refractivity contribution in [3.05, 3.63) is 12.0 Å². The maximum atomic E-state index is 12.3. The molecule has 22 heavy (non-hydrogen) atoms. The smallest absolute Gasteiger partial charge is 0.244 e. The minimum atomic E-state index is -0.358. The number of ether oxygens (including phenoxy) is 1. The Bertz CT molecular complexity index is 462. The maximum Gasteiger partial charge on any atom is 0.244 e. The second-order valence-corrected chi connectivity index (χ2v) is 7.07. The average Bonchev–Trinajstić information content (AvgIpc) is 2.37. The molecule has 124 valence electrons. The van der Waals surface area contributed by atoms with E-state index < -0.39 is 0 Å². The van der Waals surface area contributed by atoms with Gasteiger partial charge in [0.2, 0.25) is 5.91 Å². The van der Waals surface area contributed by atoms with E-state index in [1.807, 2.05) is 20.8 Å². The van der Waals surface area contributed by atoms with E-state index in [4.69, 9.17) is 10.1 Å². The van der Waals surface area contributed by atoms with Crippen molar-refractivity contribution in [2.24, 2.45) is 5.41 Å². The van der Waals surface area contributed by atoms with E-state index in [9.17, 15) is 9.90 Å². The van der Waals surface area contributed by atoms with E-state index in [-0.39, 0.29) is 29.0 Å². The molecule has 2 fully saturated rings. The summed E-state index contributed by atoms with van der Waals surface area (Å²) in [6, 6.07) is 0.222. The van der Waals surface area contributed by atoms with Crippen LogP contribution < -0.4 is 5.32 Å². The second kappa shape index (κ2) is 6.79. The van der Waals surface area contributed by atoms with Crippen LogP contribution in [0.25, 0.3) is 0 Å². The number of rotatable bonds is 4. The summed E-state index contributed by atoms with van der Waals surface area (Å²) in [6.07, 6.45) is 4.04. The molecule has 2 aliphatic heterocycles. The molecular formula is C16H27N3O3. The van der Waals surface area contributed by atoms with Gasteiger partial charge in [0, 0.05) is 43.0 Å². The van der Waals surface area contributed by atoms with E-state index in [0.717, 1.165) is 39.0 Å². The molecule has 3 N–H and O–H groups in total. The summed E-state index contributed by atoms with van der Waals surface area (Å²) in [5, 5.41) is 20.3. The molecule has 2 aliphatic rings. The minimum absolute atomic E-state index is 0.178. The number of nitrogens with zero attached hydrogens (tertiary/aromatic N) is 1. The van der Waals surface area contributed by atoms with Crippen molar-refractivity contribution in [1.29, 1.82) is 5.41 Å². The van der Waals surface area contributed by atoms with Crippen LogP contribution in [0.5, 0.6) is 0 Å². The van der Waals surface area contributed by atoms with Crippen LogP contribution in [-0.4, -0.2) is 53.5 Å². The first-order valence-electron chi connectivity index (χ1n) is 7.93. The molecule has 0 bridgehead atoms. The van der Waals surface area contributed by atoms with E-state index >= 15 is 0 Å². The number of carbonyl (C=O) groups is 1. The largest absolute Gasteiger partial charge is 0.494 e. The zero-order chi connectivity index (χ0) is 16.3. The molecular weight excluding hydrogens is 282 g/mol. The highest BCUT2D eigenvalue weighted by molar-refractivity contribution is 5.97. The second-order valence-electron chi connectivity index (χ2n) is 7.07. The Morgan fingerprint density at radius 1 is 1.32 bits per heavy atom. The lowest BCUT2D eigenvalue weighted by Crippen LogP contribution is -2.60. The SMILES string of the molecule is CC(C)(C)C(=N)/C=C(\O)NC(=O)[C@@H]1CCN1C1CCOCC1. The Morgan fingerprint density at radius 3 is 2.45 bits per heavy atom. The fraction of sp³-hybridized carbons (Fsp3) is 0.750. The molecule has 1 amide bonds. The molecule has 0 spiro atoms. The highest BCUT2D eigenvalue weighted by Crippen LogP contribution is 2.26. The first-order chi connectivity index (χ1) is 10.3. The van der Waals surface area contributed by atoms with Crippen molar-refractivity contribution < 1.29 is 14.6 Å². The normalized spacial score (nSPS) is 24.7. The lowest BCUT2D eigenvalue weighted by Gasteiger charge is -2.46. The van der Waals surface area contributed by atoms with Gasteiger partial charge in [-0.2, -0.15) is 0 Å². The van der Waals surface area contributed by atoms with Crippen molar-refractivity contribution in [3.63, 3.8) is 0 Å². The number of aliphatic hydroxyl groups excluding tert-OH is 1. The number of amides is 1. The third-order valence-corrected chi connectivity index (χ3v) is 4.36. The van der Waals surface area contributed by atoms with Gasteiger partial charge in [-0.1, -0.05) is 20.8 Å². The summed E-state index contributed by atoms with van der Waals surface area (Å²) < 4.78 is 5.35. The van der Waals surface area contributed by atoms with Crippen LogP contribution in [0.3, 0.4) is 0 Å². The van der Waals surface area contributed by atoms with E-state index in [0.29, 0.717) is 6.04 Å². The van der Waals surface area contributed by atoms with Crippen LogP contribution >= 0.6 is 0 Å². The molecule has 2 heterocycles. The topological polar surface area (TPSA) is 85.7 Å². The molecule has 0 aromatic rings. The van der Waals surface area contributed by atoms with Crippen molar-refractivity contribution >= 4 is 11.6 Å². The van der Waals surface area contributed by atoms with Crippen molar-refractivity contribution in [3.8, 4) is 0 Å². The highest BCUT2D eigenvalue weighted by atomic mass is 16.5. The van der Waals surface area contributed by atoms with Crippen molar-refractivity contribution in [2.45, 2.75) is 52.1 Å². The fourth-order valence-corrected chi connectivity index (χ4v) is 2.74. The van der Waals surface area contributed by atoms with Gasteiger partial charge < -0.3 is 15.3 Å². The molecule has 6 nitrogen and oxygen atoms in total. The van der Waals surface area contributed by atoms with Gasteiger partial charge in [0.15, 0.2) is 5.88 Å². The first-order valence-corrected chi connectivity index (χ1v) is 7.93. The zero-order valence-corrected chi connectivity index (χ0v) is 13.7. The number of nitrogens with one attached hydrogen (secondary N) is 2. The van der Waals surface area contributed by atoms with Crippen LogP contribution in [0.1, 0.15) is 40.0 Å². The predicted octanol–water partition coefficient (Wildman–Crippen LogP) is 1.82. The molecule has 2 rings (SSSR count). The third-order valence-electron chi connectivity index (χ3n) is 4.36. The van der Waals surface area contributed by atoms with Crippen LogP contribution in [-0.2, 0) is 9.53 Å². The number of allylic oxidation sites excluding steroid dienone is 1. The predicted molar refractivity (Wildman–Crippen MR) is 85.0 cm³/mol. The number of hydrogen-bond donors (Lipinski definition) is 3. The maximum absolute atomic E-state index is 12.3. The molecule has 0 aromatic carbocycles. The van der Waals surface area contributed by atoms with Crippen LogP contribution in [0.4, 0.5) is 0 Å². The summed E-state index contributed by atoms with van der Waals surface area (Å²) in [7, 11) is 0. The Balaban J connectivity index is 1.89. The molecule has 0 saturated carbocycles. The Morgan fingerprint density at radius 2 is 1.95 bits per heavy atom. The molecule has 6 heteroatoms. The fourth-order valence-electron chi connectivity index (χ4n) is 2.74. The van der Waals surface area contributed by atoms with Gasteiger partial charge in [0.25, 0.3) is 0 Å². The van der Waals surface area contributed by atoms with Crippen molar-refractivity contribution in [2.75, 3.05) is 19.8 Å². The van der Waals surface area contributed by atoms with Crippen molar-refractivity contribution in [1.82, 2.24) is 10.2 Å². The van der Waals surface area contributed by atoms with Gasteiger partial charge in [0.05, 0.1) is 6.04 Å². The molecule has 0 unspecified atom stereocenters. The summed E-state index contributed by atoms with van der Waals surface area (Å²) in [4.78, 5) is 14.5. The molecule has 2 saturated heterocycles. The van der Waals surface area contributed by atoms with Crippen LogP contribution in [0.2, 0.25) is 0 Å². The first kappa shape index (κ1) is 17.0. The molecule has 0 aromatic heterocycles. The van der Waals surface area contributed by atoms with Gasteiger partial charge in [-0.3, -0.25) is 15.0 Å². The van der Waals surface area contributed by atoms with E-state index in [1.54, 1.807) is 0 Å². The molecule has 0 radical (unpaired) electrons. The average molecular weight is 309 g/mol. The van der Waals surface area contributed by atoms with Gasteiger partial charge >= 0.3 is 0 Å². The van der Waals surface area contributed by atoms with Gasteiger partial charge in [-0.15, -0.1) is 0 Å². The Hall–Kier alpha value is -1.40. The van der Waals surface area contributed by atoms with Gasteiger partial charge in [-0.25, -0.2) is 0 Å². The Kier molecular flexibility index (Phi) is 5.24. The number of hydrogen-bond acceptors (Lipinski definition) is 5. The minimum Gasteiger partial charge on any atom is -0.494 e. The van der Waals surface area contributed by atoms with Gasteiger partial charge in [-0.05, 0) is 19.3 Å². The van der Waals surface area contributed by atoms with Crippen LogP contribution in [0, 0.1) is 10.8 Å². The van der Waals surface area contributed by atoms with Gasteiger partial charge in [0.1, 0.15) is 0 Å². The summed E-state index contributed by atoms with van der Waals surface area (Å²) >= 11 is 0. The third kappa shape index (κ3) is 4.08. The lowest BCUT2D eigenvalue weighted by atomic mass is 9.90. The standard InChI is InChI=1S/C16H27N3O3/c1-16(2,3)13(17)10-14(20)18-15(21)12-4-7-19(12)11-5-8-22-9-6-11/h10-12,17,20H,4-9H2,1-3H3,(H,18,21)/b14-10-,17-13?/t12-/m0/s1. The summed E-state index contributed by atoms with van der Waals surface area (Å²) in [5.74, 6) is -0.433. The number of carbonyl (C=O) groups excluding carboxylic acids is 1. The Labute approximate surface area is 132 Å². The monoisotopic (exact) mass is 309 g/mol. The quantitative estimate of drug-likeness (QED) is 0.546. The van der Waals surface area contributed by atoms with E-state index in [2.05, 4.69) is 10.2 Å². The van der Waals surface area contributed by atoms with E-state index in [1.165, 1.54) is 6.08 Å². The number of aliphatic hydroxyl groups is 1. The summed E-state index contributed by atoms with van der Waals surface area (Å²) in [6.45, 7) is 8.09. The highest BCUT2D eigenvalue weighted by Gasteiger charge is 2.39. The van der Waals surface area contributed by atoms with Crippen LogP contribution in [0.15, 0.2) is 12.0 Å². The molecule has 0 aliphatic carbocycles. The number of likely N-dealkylation sites (tertiary alicyclic amines) is 1.